The quantitative estimate of drug-likeness (QED) is 0.856. The third-order valence-electron chi connectivity index (χ3n) is 3.98. The third kappa shape index (κ3) is 4.59. The summed E-state index contributed by atoms with van der Waals surface area (Å²) in [4.78, 5) is 2.47. The van der Waals surface area contributed by atoms with Crippen LogP contribution < -0.4 is 5.32 Å². The molecule has 2 rings (SSSR count). The monoisotopic (exact) mass is 324 g/mol. The van der Waals surface area contributed by atoms with Gasteiger partial charge in [0.25, 0.3) is 0 Å². The Morgan fingerprint density at radius 3 is 2.68 bits per heavy atom. The highest BCUT2D eigenvalue weighted by atomic mass is 79.9. The van der Waals surface area contributed by atoms with Crippen LogP contribution in [0.15, 0.2) is 22.7 Å². The van der Waals surface area contributed by atoms with Gasteiger partial charge in [-0.25, -0.2) is 0 Å². The lowest BCUT2D eigenvalue weighted by Gasteiger charge is -2.21. The summed E-state index contributed by atoms with van der Waals surface area (Å²) < 4.78 is 1.23. The molecule has 0 bridgehead atoms. The molecule has 1 N–H and O–H groups in total. The van der Waals surface area contributed by atoms with E-state index in [1.807, 2.05) is 7.05 Å². The Bertz CT molecular complexity index is 400. The van der Waals surface area contributed by atoms with Gasteiger partial charge in [0, 0.05) is 24.1 Å². The molecule has 0 aliphatic heterocycles. The Kier molecular flexibility index (Phi) is 5.86. The fourth-order valence-electron chi connectivity index (χ4n) is 3.02. The van der Waals surface area contributed by atoms with Crippen LogP contribution in [0.5, 0.6) is 0 Å². The molecule has 19 heavy (non-hydrogen) atoms. The summed E-state index contributed by atoms with van der Waals surface area (Å²) in [5, 5.41) is 3.19. The van der Waals surface area contributed by atoms with Crippen LogP contribution in [-0.4, -0.2) is 25.5 Å². The first-order valence-electron chi connectivity index (χ1n) is 7.29. The molecular weight excluding hydrogens is 300 g/mol. The molecule has 2 nitrogen and oxygen atoms in total. The van der Waals surface area contributed by atoms with Crippen LogP contribution in [0.25, 0.3) is 0 Å². The minimum Gasteiger partial charge on any atom is -0.316 e. The van der Waals surface area contributed by atoms with Gasteiger partial charge in [-0.05, 0) is 50.0 Å². The van der Waals surface area contributed by atoms with Gasteiger partial charge in [0.2, 0.25) is 0 Å². The largest absolute Gasteiger partial charge is 0.316 e. The molecule has 106 valence electrons. The van der Waals surface area contributed by atoms with E-state index >= 15 is 0 Å². The van der Waals surface area contributed by atoms with Crippen molar-refractivity contribution in [2.24, 2.45) is 5.92 Å². The van der Waals surface area contributed by atoms with Crippen molar-refractivity contribution in [2.75, 3.05) is 20.6 Å². The number of nitrogens with one attached hydrogen (secondary N) is 1. The van der Waals surface area contributed by atoms with Crippen LogP contribution in [0.2, 0.25) is 0 Å². The van der Waals surface area contributed by atoms with Gasteiger partial charge in [0.15, 0.2) is 0 Å². The van der Waals surface area contributed by atoms with E-state index in [1.54, 1.807) is 0 Å². The number of hydrogen-bond acceptors (Lipinski definition) is 2. The van der Waals surface area contributed by atoms with Crippen LogP contribution >= 0.6 is 15.9 Å². The van der Waals surface area contributed by atoms with Gasteiger partial charge >= 0.3 is 0 Å². The lowest BCUT2D eigenvalue weighted by atomic mass is 10.1. The maximum atomic E-state index is 3.70. The van der Waals surface area contributed by atoms with E-state index in [9.17, 15) is 0 Å². The lowest BCUT2D eigenvalue weighted by molar-refractivity contribution is 0.271. The van der Waals surface area contributed by atoms with E-state index < -0.39 is 0 Å². The fraction of sp³-hybridized carbons (Fsp3) is 0.625. The molecule has 3 heteroatoms. The van der Waals surface area contributed by atoms with Crippen LogP contribution in [0, 0.1) is 5.92 Å². The maximum Gasteiger partial charge on any atom is 0.0242 e. The topological polar surface area (TPSA) is 15.3 Å². The van der Waals surface area contributed by atoms with E-state index in [1.165, 1.54) is 47.8 Å². The third-order valence-corrected chi connectivity index (χ3v) is 4.72. The van der Waals surface area contributed by atoms with Crippen molar-refractivity contribution in [3.8, 4) is 0 Å². The first kappa shape index (κ1) is 15.0. The average Bonchev–Trinajstić information content (AvgIpc) is 2.86. The predicted molar refractivity (Wildman–Crippen MR) is 85.2 cm³/mol. The lowest BCUT2D eigenvalue weighted by Crippen LogP contribution is -2.24. The summed E-state index contributed by atoms with van der Waals surface area (Å²) in [5.74, 6) is 0.923. The number of benzene rings is 1. The zero-order valence-corrected chi connectivity index (χ0v) is 13.7. The van der Waals surface area contributed by atoms with Gasteiger partial charge in [-0.2, -0.15) is 0 Å². The van der Waals surface area contributed by atoms with Gasteiger partial charge in [0.1, 0.15) is 0 Å². The summed E-state index contributed by atoms with van der Waals surface area (Å²) in [5.41, 5.74) is 2.72. The first-order valence-corrected chi connectivity index (χ1v) is 8.09. The second-order valence-electron chi connectivity index (χ2n) is 5.80. The highest BCUT2D eigenvalue weighted by molar-refractivity contribution is 9.10. The first-order chi connectivity index (χ1) is 9.19. The average molecular weight is 325 g/mol. The van der Waals surface area contributed by atoms with E-state index in [2.05, 4.69) is 51.4 Å². The Labute approximate surface area is 125 Å². The molecule has 1 saturated carbocycles. The summed E-state index contributed by atoms with van der Waals surface area (Å²) in [6.07, 6.45) is 5.71. The van der Waals surface area contributed by atoms with E-state index in [0.29, 0.717) is 0 Å². The Morgan fingerprint density at radius 2 is 2.05 bits per heavy atom. The molecule has 1 fully saturated rings. The minimum absolute atomic E-state index is 0.923. The van der Waals surface area contributed by atoms with Gasteiger partial charge in [0.05, 0.1) is 0 Å². The van der Waals surface area contributed by atoms with Gasteiger partial charge in [-0.15, -0.1) is 0 Å². The number of halogens is 1. The van der Waals surface area contributed by atoms with Gasteiger partial charge in [-0.1, -0.05) is 40.9 Å². The van der Waals surface area contributed by atoms with Crippen molar-refractivity contribution in [3.63, 3.8) is 0 Å². The number of nitrogens with zero attached hydrogens (tertiary/aromatic N) is 1. The SMILES string of the molecule is CNCc1ccc(CN(C)CC2CCCC2)c(Br)c1. The zero-order valence-electron chi connectivity index (χ0n) is 12.1. The van der Waals surface area contributed by atoms with Crippen LogP contribution in [0.4, 0.5) is 0 Å². The molecule has 1 aliphatic rings. The fourth-order valence-corrected chi connectivity index (χ4v) is 3.57. The van der Waals surface area contributed by atoms with Crippen LogP contribution in [0.3, 0.4) is 0 Å². The number of rotatable bonds is 6. The second kappa shape index (κ2) is 7.41. The molecule has 0 atom stereocenters. The second-order valence-corrected chi connectivity index (χ2v) is 6.66. The molecule has 0 aromatic heterocycles. The van der Waals surface area contributed by atoms with Gasteiger partial charge < -0.3 is 10.2 Å². The molecule has 0 unspecified atom stereocenters. The van der Waals surface area contributed by atoms with Crippen molar-refractivity contribution in [3.05, 3.63) is 33.8 Å². The summed E-state index contributed by atoms with van der Waals surface area (Å²) in [6.45, 7) is 3.21. The Balaban J connectivity index is 1.90. The van der Waals surface area contributed by atoms with E-state index in [4.69, 9.17) is 0 Å². The molecule has 0 radical (unpaired) electrons. The molecule has 0 heterocycles. The smallest absolute Gasteiger partial charge is 0.0242 e. The highest BCUT2D eigenvalue weighted by Gasteiger charge is 2.17. The summed E-state index contributed by atoms with van der Waals surface area (Å²) in [6, 6.07) is 6.71. The summed E-state index contributed by atoms with van der Waals surface area (Å²) >= 11 is 3.70. The molecule has 0 saturated heterocycles. The standard InChI is InChI=1S/C16H25BrN2/c1-18-10-14-7-8-15(16(17)9-14)12-19(2)11-13-5-3-4-6-13/h7-9,13,18H,3-6,10-12H2,1-2H3. The van der Waals surface area contributed by atoms with Crippen molar-refractivity contribution in [2.45, 2.75) is 38.8 Å². The van der Waals surface area contributed by atoms with Crippen LogP contribution in [0.1, 0.15) is 36.8 Å². The minimum atomic E-state index is 0.923. The highest BCUT2D eigenvalue weighted by Crippen LogP contribution is 2.26. The molecular formula is C16H25BrN2. The van der Waals surface area contributed by atoms with Crippen LogP contribution in [-0.2, 0) is 13.1 Å². The maximum absolute atomic E-state index is 3.70. The Morgan fingerprint density at radius 1 is 1.32 bits per heavy atom. The number of hydrogen-bond donors (Lipinski definition) is 1. The molecule has 0 spiro atoms. The molecule has 1 aliphatic carbocycles. The molecule has 1 aromatic rings. The molecule has 0 amide bonds. The molecule has 1 aromatic carbocycles. The normalized spacial score (nSPS) is 16.4. The van der Waals surface area contributed by atoms with Gasteiger partial charge in [-0.3, -0.25) is 0 Å². The predicted octanol–water partition coefficient (Wildman–Crippen LogP) is 3.79. The van der Waals surface area contributed by atoms with E-state index in [-0.39, 0.29) is 0 Å². The van der Waals surface area contributed by atoms with E-state index in [0.717, 1.165) is 19.0 Å². The van der Waals surface area contributed by atoms with Crippen molar-refractivity contribution in [1.82, 2.24) is 10.2 Å². The Hall–Kier alpha value is -0.380. The van der Waals surface area contributed by atoms with Crippen molar-refractivity contribution in [1.29, 1.82) is 0 Å². The summed E-state index contributed by atoms with van der Waals surface area (Å²) in [7, 11) is 4.23. The van der Waals surface area contributed by atoms with Crippen molar-refractivity contribution < 1.29 is 0 Å². The zero-order chi connectivity index (χ0) is 13.7. The van der Waals surface area contributed by atoms with Crippen molar-refractivity contribution >= 4 is 15.9 Å².